The van der Waals surface area contributed by atoms with E-state index >= 15 is 0 Å². The van der Waals surface area contributed by atoms with Crippen LogP contribution in [0.15, 0.2) is 24.7 Å². The van der Waals surface area contributed by atoms with Crippen LogP contribution in [0.5, 0.6) is 11.5 Å². The molecule has 0 saturated heterocycles. The second-order valence-electron chi connectivity index (χ2n) is 5.12. The van der Waals surface area contributed by atoms with Crippen LogP contribution in [0, 0.1) is 0 Å². The van der Waals surface area contributed by atoms with Gasteiger partial charge < -0.3 is 19.4 Å². The normalized spacial score (nSPS) is 14.2. The number of hydrogen-bond acceptors (Lipinski definition) is 5. The Morgan fingerprint density at radius 2 is 2.10 bits per heavy atom. The van der Waals surface area contributed by atoms with Crippen molar-refractivity contribution in [3.8, 4) is 11.5 Å². The van der Waals surface area contributed by atoms with E-state index in [4.69, 9.17) is 9.47 Å². The van der Waals surface area contributed by atoms with Gasteiger partial charge in [-0.05, 0) is 12.8 Å². The van der Waals surface area contributed by atoms with Crippen molar-refractivity contribution in [2.24, 2.45) is 0 Å². The molecule has 21 heavy (non-hydrogen) atoms. The number of aromatic nitrogens is 3. The van der Waals surface area contributed by atoms with E-state index in [-0.39, 0.29) is 0 Å². The predicted molar refractivity (Wildman–Crippen MR) is 78.5 cm³/mol. The Hall–Kier alpha value is -2.08. The summed E-state index contributed by atoms with van der Waals surface area (Å²) in [5.41, 5.74) is 0.836. The molecule has 1 fully saturated rings. The van der Waals surface area contributed by atoms with Gasteiger partial charge in [-0.25, -0.2) is 4.98 Å². The van der Waals surface area contributed by atoms with Crippen molar-refractivity contribution < 1.29 is 9.47 Å². The van der Waals surface area contributed by atoms with E-state index in [0.717, 1.165) is 18.1 Å². The van der Waals surface area contributed by atoms with Crippen molar-refractivity contribution in [3.05, 3.63) is 36.2 Å². The van der Waals surface area contributed by atoms with Crippen LogP contribution in [-0.2, 0) is 13.1 Å². The maximum Gasteiger partial charge on any atom is 0.184 e. The van der Waals surface area contributed by atoms with Gasteiger partial charge in [-0.3, -0.25) is 4.98 Å². The molecule has 2 aromatic rings. The summed E-state index contributed by atoms with van der Waals surface area (Å²) < 4.78 is 12.8. The number of hydrogen-bond donors (Lipinski definition) is 1. The summed E-state index contributed by atoms with van der Waals surface area (Å²) in [5.74, 6) is 2.38. The number of nitrogens with one attached hydrogen (secondary N) is 1. The van der Waals surface area contributed by atoms with Crippen LogP contribution in [0.2, 0.25) is 0 Å². The number of ether oxygens (including phenoxy) is 2. The molecule has 0 spiro atoms. The Morgan fingerprint density at radius 3 is 2.81 bits per heavy atom. The number of pyridine rings is 1. The third-order valence-electron chi connectivity index (χ3n) is 3.61. The van der Waals surface area contributed by atoms with Crippen LogP contribution in [-0.4, -0.2) is 34.8 Å². The number of rotatable bonds is 7. The van der Waals surface area contributed by atoms with Gasteiger partial charge in [0.15, 0.2) is 11.5 Å². The average Bonchev–Trinajstić information content (AvgIpc) is 3.24. The molecule has 112 valence electrons. The second-order valence-corrected chi connectivity index (χ2v) is 5.12. The highest BCUT2D eigenvalue weighted by atomic mass is 16.5. The SMILES string of the molecule is COc1ccnc(Cn2ccnc2CNC2CC2)c1OC. The van der Waals surface area contributed by atoms with E-state index in [2.05, 4.69) is 19.9 Å². The number of methoxy groups -OCH3 is 2. The molecule has 1 N–H and O–H groups in total. The van der Waals surface area contributed by atoms with Gasteiger partial charge in [-0.15, -0.1) is 0 Å². The first-order valence-electron chi connectivity index (χ1n) is 7.11. The van der Waals surface area contributed by atoms with Crippen molar-refractivity contribution in [2.45, 2.75) is 32.0 Å². The summed E-state index contributed by atoms with van der Waals surface area (Å²) in [6.07, 6.45) is 8.05. The zero-order chi connectivity index (χ0) is 14.7. The minimum absolute atomic E-state index is 0.613. The van der Waals surface area contributed by atoms with Gasteiger partial charge >= 0.3 is 0 Å². The third-order valence-corrected chi connectivity index (χ3v) is 3.61. The second kappa shape index (κ2) is 6.13. The Balaban J connectivity index is 1.78. The van der Waals surface area contributed by atoms with Gasteiger partial charge in [-0.1, -0.05) is 0 Å². The molecule has 0 atom stereocenters. The average molecular weight is 288 g/mol. The van der Waals surface area contributed by atoms with Gasteiger partial charge in [-0.2, -0.15) is 0 Å². The highest BCUT2D eigenvalue weighted by Gasteiger charge is 2.21. The lowest BCUT2D eigenvalue weighted by atomic mass is 10.3. The molecule has 2 heterocycles. The molecule has 0 amide bonds. The quantitative estimate of drug-likeness (QED) is 0.838. The molecular weight excluding hydrogens is 268 g/mol. The Morgan fingerprint density at radius 1 is 1.24 bits per heavy atom. The lowest BCUT2D eigenvalue weighted by molar-refractivity contribution is 0.348. The van der Waals surface area contributed by atoms with Crippen molar-refractivity contribution in [2.75, 3.05) is 14.2 Å². The van der Waals surface area contributed by atoms with Crippen LogP contribution < -0.4 is 14.8 Å². The minimum Gasteiger partial charge on any atom is -0.493 e. The van der Waals surface area contributed by atoms with E-state index in [0.29, 0.717) is 24.1 Å². The predicted octanol–water partition coefficient (Wildman–Crippen LogP) is 1.60. The first kappa shape index (κ1) is 13.9. The number of nitrogens with zero attached hydrogens (tertiary/aromatic N) is 3. The smallest absolute Gasteiger partial charge is 0.184 e. The molecule has 1 aliphatic rings. The summed E-state index contributed by atoms with van der Waals surface area (Å²) in [4.78, 5) is 8.82. The Bertz CT molecular complexity index is 607. The zero-order valence-electron chi connectivity index (χ0n) is 12.4. The largest absolute Gasteiger partial charge is 0.493 e. The minimum atomic E-state index is 0.613. The van der Waals surface area contributed by atoms with E-state index in [9.17, 15) is 0 Å². The molecule has 0 unspecified atom stereocenters. The van der Waals surface area contributed by atoms with Crippen LogP contribution in [0.25, 0.3) is 0 Å². The van der Waals surface area contributed by atoms with Crippen molar-refractivity contribution in [1.82, 2.24) is 19.9 Å². The van der Waals surface area contributed by atoms with E-state index in [1.165, 1.54) is 12.8 Å². The fraction of sp³-hybridized carbons (Fsp3) is 0.467. The third kappa shape index (κ3) is 3.16. The maximum absolute atomic E-state index is 5.43. The molecule has 3 rings (SSSR count). The van der Waals surface area contributed by atoms with E-state index in [1.54, 1.807) is 26.5 Å². The summed E-state index contributed by atoms with van der Waals surface area (Å²) in [6.45, 7) is 1.39. The monoisotopic (exact) mass is 288 g/mol. The van der Waals surface area contributed by atoms with Gasteiger partial charge in [0, 0.05) is 30.7 Å². The fourth-order valence-electron chi connectivity index (χ4n) is 2.30. The van der Waals surface area contributed by atoms with Crippen molar-refractivity contribution in [1.29, 1.82) is 0 Å². The lowest BCUT2D eigenvalue weighted by Crippen LogP contribution is -2.19. The van der Waals surface area contributed by atoms with Crippen LogP contribution in [0.3, 0.4) is 0 Å². The highest BCUT2D eigenvalue weighted by molar-refractivity contribution is 5.42. The molecule has 6 heteroatoms. The van der Waals surface area contributed by atoms with Gasteiger partial charge in [0.25, 0.3) is 0 Å². The molecular formula is C15H20N4O2. The zero-order valence-corrected chi connectivity index (χ0v) is 12.4. The first-order valence-corrected chi connectivity index (χ1v) is 7.11. The van der Waals surface area contributed by atoms with Crippen molar-refractivity contribution in [3.63, 3.8) is 0 Å². The lowest BCUT2D eigenvalue weighted by Gasteiger charge is -2.13. The highest BCUT2D eigenvalue weighted by Crippen LogP contribution is 2.29. The molecule has 0 radical (unpaired) electrons. The molecule has 0 bridgehead atoms. The van der Waals surface area contributed by atoms with Crippen LogP contribution in [0.4, 0.5) is 0 Å². The standard InChI is InChI=1S/C15H20N4O2/c1-20-13-5-6-16-12(15(13)21-2)10-19-8-7-17-14(19)9-18-11-3-4-11/h5-8,11,18H,3-4,9-10H2,1-2H3. The maximum atomic E-state index is 5.43. The summed E-state index contributed by atoms with van der Waals surface area (Å²) >= 11 is 0. The van der Waals surface area contributed by atoms with E-state index < -0.39 is 0 Å². The Labute approximate surface area is 124 Å². The van der Waals surface area contributed by atoms with Crippen LogP contribution >= 0.6 is 0 Å². The van der Waals surface area contributed by atoms with Gasteiger partial charge in [0.2, 0.25) is 0 Å². The van der Waals surface area contributed by atoms with E-state index in [1.807, 2.05) is 12.4 Å². The first-order chi connectivity index (χ1) is 10.3. The van der Waals surface area contributed by atoms with Gasteiger partial charge in [0.05, 0.1) is 27.3 Å². The van der Waals surface area contributed by atoms with Gasteiger partial charge in [0.1, 0.15) is 11.5 Å². The molecule has 1 aliphatic carbocycles. The topological polar surface area (TPSA) is 61.2 Å². The molecule has 0 aliphatic heterocycles. The molecule has 2 aromatic heterocycles. The number of imidazole rings is 1. The van der Waals surface area contributed by atoms with Crippen molar-refractivity contribution >= 4 is 0 Å². The molecule has 1 saturated carbocycles. The van der Waals surface area contributed by atoms with Crippen LogP contribution in [0.1, 0.15) is 24.4 Å². The summed E-state index contributed by atoms with van der Waals surface area (Å²) in [6, 6.07) is 2.46. The molecule has 6 nitrogen and oxygen atoms in total. The summed E-state index contributed by atoms with van der Waals surface area (Å²) in [7, 11) is 3.26. The summed E-state index contributed by atoms with van der Waals surface area (Å²) in [5, 5.41) is 3.48. The molecule has 0 aromatic carbocycles. The Kier molecular flexibility index (Phi) is 4.06. The fourth-order valence-corrected chi connectivity index (χ4v) is 2.30.